The van der Waals surface area contributed by atoms with E-state index in [0.29, 0.717) is 6.42 Å². The molecule has 94 valence electrons. The van der Waals surface area contributed by atoms with Crippen molar-refractivity contribution in [1.29, 1.82) is 0 Å². The van der Waals surface area contributed by atoms with Gasteiger partial charge in [0.1, 0.15) is 0 Å². The molecule has 0 atom stereocenters. The summed E-state index contributed by atoms with van der Waals surface area (Å²) in [5.74, 6) is -1.36. The highest BCUT2D eigenvalue weighted by Gasteiger charge is 2.18. The molecule has 0 saturated heterocycles. The molecule has 0 unspecified atom stereocenters. The molecular weight excluding hydrogens is 225 g/mol. The van der Waals surface area contributed by atoms with Gasteiger partial charge in [0.25, 0.3) is 0 Å². The fraction of sp³-hybridized carbons (Fsp3) is 0.500. The number of hydrogen-bond donors (Lipinski definition) is 0. The maximum atomic E-state index is 13.2. The molecule has 17 heavy (non-hydrogen) atoms. The first-order valence-corrected chi connectivity index (χ1v) is 5.28. The van der Waals surface area contributed by atoms with Crippen LogP contribution >= 0.6 is 0 Å². The van der Waals surface area contributed by atoms with Gasteiger partial charge in [-0.05, 0) is 19.9 Å². The van der Waals surface area contributed by atoms with Gasteiger partial charge >= 0.3 is 5.97 Å². The van der Waals surface area contributed by atoms with Crippen molar-refractivity contribution in [2.45, 2.75) is 25.9 Å². The van der Waals surface area contributed by atoms with E-state index in [1.807, 2.05) is 13.8 Å². The lowest BCUT2D eigenvalue weighted by Gasteiger charge is -2.22. The van der Waals surface area contributed by atoms with Crippen molar-refractivity contribution in [3.05, 3.63) is 29.8 Å². The Kier molecular flexibility index (Phi) is 4.57. The second-order valence-electron chi connectivity index (χ2n) is 4.21. The van der Waals surface area contributed by atoms with Crippen LogP contribution in [0.2, 0.25) is 0 Å². The number of ether oxygens (including phenoxy) is 2. The predicted octanol–water partition coefficient (Wildman–Crippen LogP) is 2.19. The quantitative estimate of drug-likeness (QED) is 0.741. The Morgan fingerprint density at radius 3 is 2.82 bits per heavy atom. The van der Waals surface area contributed by atoms with Crippen LogP contribution in [0.15, 0.2) is 18.5 Å². The number of nitrogens with zero attached hydrogens (tertiary/aromatic N) is 1. The largest absolute Gasteiger partial charge is 0.462 e. The minimum atomic E-state index is -0.684. The Balaban J connectivity index is 2.49. The first-order chi connectivity index (χ1) is 7.96. The Bertz CT molecular complexity index is 393. The molecule has 4 nitrogen and oxygen atoms in total. The van der Waals surface area contributed by atoms with Gasteiger partial charge in [0.2, 0.25) is 0 Å². The minimum Gasteiger partial charge on any atom is -0.462 e. The Hall–Kier alpha value is -1.49. The summed E-state index contributed by atoms with van der Waals surface area (Å²) in [4.78, 5) is 15.1. The molecule has 0 fully saturated rings. The summed E-state index contributed by atoms with van der Waals surface area (Å²) < 4.78 is 23.3. The standard InChI is InChI=1S/C12H16FNO3/c1-12(2,16-3)5-7-17-11(15)9-4-6-14-8-10(9)13/h4,6,8H,5,7H2,1-3H3. The number of aromatic nitrogens is 1. The molecule has 0 aliphatic heterocycles. The van der Waals surface area contributed by atoms with Crippen LogP contribution < -0.4 is 0 Å². The highest BCUT2D eigenvalue weighted by atomic mass is 19.1. The van der Waals surface area contributed by atoms with Crippen molar-refractivity contribution in [3.8, 4) is 0 Å². The molecule has 1 heterocycles. The lowest BCUT2D eigenvalue weighted by molar-refractivity contribution is -0.00575. The van der Waals surface area contributed by atoms with E-state index < -0.39 is 11.8 Å². The van der Waals surface area contributed by atoms with E-state index in [4.69, 9.17) is 9.47 Å². The fourth-order valence-corrected chi connectivity index (χ4v) is 1.11. The van der Waals surface area contributed by atoms with E-state index in [9.17, 15) is 9.18 Å². The smallest absolute Gasteiger partial charge is 0.341 e. The SMILES string of the molecule is COC(C)(C)CCOC(=O)c1ccncc1F. The number of carbonyl (C=O) groups is 1. The van der Waals surface area contributed by atoms with Gasteiger partial charge in [-0.1, -0.05) is 0 Å². The van der Waals surface area contributed by atoms with Crippen molar-refractivity contribution in [3.63, 3.8) is 0 Å². The molecule has 0 aliphatic carbocycles. The first-order valence-electron chi connectivity index (χ1n) is 5.28. The van der Waals surface area contributed by atoms with Crippen LogP contribution in [-0.2, 0) is 9.47 Å². The molecule has 0 saturated carbocycles. The molecule has 0 aliphatic rings. The van der Waals surface area contributed by atoms with Gasteiger partial charge in [0.15, 0.2) is 5.82 Å². The molecule has 1 rings (SSSR count). The van der Waals surface area contributed by atoms with Gasteiger partial charge in [-0.25, -0.2) is 9.18 Å². The number of rotatable bonds is 5. The third-order valence-electron chi connectivity index (χ3n) is 2.48. The van der Waals surface area contributed by atoms with Crippen LogP contribution in [-0.4, -0.2) is 30.3 Å². The molecule has 0 spiro atoms. The van der Waals surface area contributed by atoms with Crippen LogP contribution in [0, 0.1) is 5.82 Å². The first kappa shape index (κ1) is 13.6. The third kappa shape index (κ3) is 4.11. The van der Waals surface area contributed by atoms with Crippen LogP contribution in [0.1, 0.15) is 30.6 Å². The topological polar surface area (TPSA) is 48.4 Å². The van der Waals surface area contributed by atoms with Crippen molar-refractivity contribution >= 4 is 5.97 Å². The molecule has 1 aromatic rings. The highest BCUT2D eigenvalue weighted by molar-refractivity contribution is 5.89. The van der Waals surface area contributed by atoms with Crippen LogP contribution in [0.4, 0.5) is 4.39 Å². The van der Waals surface area contributed by atoms with Crippen LogP contribution in [0.3, 0.4) is 0 Å². The second-order valence-corrected chi connectivity index (χ2v) is 4.21. The van der Waals surface area contributed by atoms with Crippen molar-refractivity contribution in [1.82, 2.24) is 4.98 Å². The van der Waals surface area contributed by atoms with E-state index in [0.717, 1.165) is 6.20 Å². The Labute approximate surface area is 99.8 Å². The summed E-state index contributed by atoms with van der Waals surface area (Å²) in [5, 5.41) is 0. The van der Waals surface area contributed by atoms with Crippen molar-refractivity contribution < 1.29 is 18.7 Å². The summed E-state index contributed by atoms with van der Waals surface area (Å²) in [6, 6.07) is 1.29. The Morgan fingerprint density at radius 1 is 1.53 bits per heavy atom. The van der Waals surface area contributed by atoms with Gasteiger partial charge in [-0.15, -0.1) is 0 Å². The molecular formula is C12H16FNO3. The van der Waals surface area contributed by atoms with Crippen molar-refractivity contribution in [2.75, 3.05) is 13.7 Å². The van der Waals surface area contributed by atoms with Gasteiger partial charge in [-0.3, -0.25) is 4.98 Å². The normalized spacial score (nSPS) is 11.3. The summed E-state index contributed by atoms with van der Waals surface area (Å²) in [6.45, 7) is 3.95. The molecule has 0 N–H and O–H groups in total. The van der Waals surface area contributed by atoms with Crippen LogP contribution in [0.25, 0.3) is 0 Å². The van der Waals surface area contributed by atoms with Gasteiger partial charge in [0, 0.05) is 19.7 Å². The number of pyridine rings is 1. The van der Waals surface area contributed by atoms with Crippen LogP contribution in [0.5, 0.6) is 0 Å². The molecule has 0 amide bonds. The molecule has 0 radical (unpaired) electrons. The Morgan fingerprint density at radius 2 is 2.24 bits per heavy atom. The number of hydrogen-bond acceptors (Lipinski definition) is 4. The van der Waals surface area contributed by atoms with Gasteiger partial charge in [-0.2, -0.15) is 0 Å². The van der Waals surface area contributed by atoms with E-state index in [1.165, 1.54) is 12.3 Å². The number of esters is 1. The summed E-state index contributed by atoms with van der Waals surface area (Å²) in [6.07, 6.45) is 2.87. The minimum absolute atomic E-state index is 0.102. The number of methoxy groups -OCH3 is 1. The molecule has 1 aromatic heterocycles. The monoisotopic (exact) mass is 241 g/mol. The van der Waals surface area contributed by atoms with E-state index in [-0.39, 0.29) is 17.8 Å². The zero-order valence-corrected chi connectivity index (χ0v) is 10.2. The zero-order chi connectivity index (χ0) is 12.9. The maximum Gasteiger partial charge on any atom is 0.341 e. The van der Waals surface area contributed by atoms with E-state index in [2.05, 4.69) is 4.98 Å². The van der Waals surface area contributed by atoms with Gasteiger partial charge < -0.3 is 9.47 Å². The number of halogens is 1. The average Bonchev–Trinajstić information content (AvgIpc) is 2.29. The maximum absolute atomic E-state index is 13.2. The third-order valence-corrected chi connectivity index (χ3v) is 2.48. The molecule has 5 heteroatoms. The lowest BCUT2D eigenvalue weighted by atomic mass is 10.1. The lowest BCUT2D eigenvalue weighted by Crippen LogP contribution is -2.25. The van der Waals surface area contributed by atoms with Crippen molar-refractivity contribution in [2.24, 2.45) is 0 Å². The summed E-state index contributed by atoms with van der Waals surface area (Å²) >= 11 is 0. The number of carbonyl (C=O) groups excluding carboxylic acids is 1. The van der Waals surface area contributed by atoms with E-state index >= 15 is 0 Å². The summed E-state index contributed by atoms with van der Waals surface area (Å²) in [7, 11) is 1.59. The highest BCUT2D eigenvalue weighted by Crippen LogP contribution is 2.13. The van der Waals surface area contributed by atoms with E-state index in [1.54, 1.807) is 7.11 Å². The second kappa shape index (κ2) is 5.72. The molecule has 0 bridgehead atoms. The average molecular weight is 241 g/mol. The summed E-state index contributed by atoms with van der Waals surface area (Å²) in [5.41, 5.74) is -0.466. The fourth-order valence-electron chi connectivity index (χ4n) is 1.11. The molecule has 0 aromatic carbocycles. The predicted molar refractivity (Wildman–Crippen MR) is 60.2 cm³/mol. The zero-order valence-electron chi connectivity index (χ0n) is 10.2. The van der Waals surface area contributed by atoms with Gasteiger partial charge in [0.05, 0.1) is 24.0 Å².